The van der Waals surface area contributed by atoms with Gasteiger partial charge in [0.15, 0.2) is 4.34 Å². The first kappa shape index (κ1) is 18.1. The normalized spacial score (nSPS) is 10.5. The molecule has 0 aliphatic heterocycles. The molecule has 1 aromatic heterocycles. The highest BCUT2D eigenvalue weighted by Crippen LogP contribution is 2.37. The van der Waals surface area contributed by atoms with Crippen molar-refractivity contribution >= 4 is 39.9 Å². The molecule has 0 saturated heterocycles. The number of thioether (sulfide) groups is 1. The van der Waals surface area contributed by atoms with Gasteiger partial charge in [-0.15, -0.1) is 0 Å². The number of aromatic nitrogens is 1. The molecule has 0 radical (unpaired) electrons. The highest BCUT2D eigenvalue weighted by atomic mass is 32.2. The Balaban J connectivity index is 1.89. The zero-order valence-corrected chi connectivity index (χ0v) is 15.1. The molecule has 132 valence electrons. The van der Waals surface area contributed by atoms with Crippen LogP contribution in [-0.2, 0) is 4.79 Å². The maximum absolute atomic E-state index is 13.0. The number of hydrogen-bond acceptors (Lipinski definition) is 5. The Hall–Kier alpha value is -2.71. The molecular formula is C18H14FN3O2S2. The molecule has 0 spiro atoms. The lowest BCUT2D eigenvalue weighted by atomic mass is 10.1. The number of halogens is 1. The summed E-state index contributed by atoms with van der Waals surface area (Å²) in [4.78, 5) is 28.0. The van der Waals surface area contributed by atoms with Crippen LogP contribution in [0.4, 0.5) is 9.39 Å². The lowest BCUT2D eigenvalue weighted by Crippen LogP contribution is -2.12. The monoisotopic (exact) mass is 387 g/mol. The fraction of sp³-hybridized carbons (Fsp3) is 0.0556. The average Bonchev–Trinajstić information content (AvgIpc) is 3.04. The van der Waals surface area contributed by atoms with Gasteiger partial charge in [-0.25, -0.2) is 9.37 Å². The molecular weight excluding hydrogens is 373 g/mol. The van der Waals surface area contributed by atoms with Gasteiger partial charge in [-0.3, -0.25) is 9.59 Å². The highest BCUT2D eigenvalue weighted by Gasteiger charge is 2.17. The number of hydrogen-bond donors (Lipinski definition) is 2. The van der Waals surface area contributed by atoms with Crippen molar-refractivity contribution in [1.29, 1.82) is 0 Å². The average molecular weight is 387 g/mol. The van der Waals surface area contributed by atoms with Crippen LogP contribution >= 0.6 is 23.1 Å². The Morgan fingerprint density at radius 3 is 2.46 bits per heavy atom. The van der Waals surface area contributed by atoms with Gasteiger partial charge < -0.3 is 11.1 Å². The second-order valence-electron chi connectivity index (χ2n) is 5.24. The van der Waals surface area contributed by atoms with E-state index in [1.165, 1.54) is 47.4 Å². The van der Waals surface area contributed by atoms with Gasteiger partial charge in [0, 0.05) is 11.1 Å². The number of carbonyl (C=O) groups excluding carboxylic acids is 2. The zero-order valence-electron chi connectivity index (χ0n) is 13.4. The van der Waals surface area contributed by atoms with Crippen LogP contribution in [0, 0.1) is 5.82 Å². The number of carbonyl (C=O) groups is 2. The van der Waals surface area contributed by atoms with E-state index in [1.54, 1.807) is 0 Å². The second-order valence-corrected chi connectivity index (χ2v) is 7.46. The van der Waals surface area contributed by atoms with Crippen molar-refractivity contribution in [2.75, 3.05) is 11.1 Å². The third-order valence-corrected chi connectivity index (χ3v) is 5.46. The number of thiazole rings is 1. The van der Waals surface area contributed by atoms with Gasteiger partial charge in [-0.1, -0.05) is 53.4 Å². The van der Waals surface area contributed by atoms with Gasteiger partial charge in [-0.2, -0.15) is 0 Å². The van der Waals surface area contributed by atoms with Gasteiger partial charge in [0.2, 0.25) is 5.91 Å². The highest BCUT2D eigenvalue weighted by molar-refractivity contribution is 8.01. The predicted octanol–water partition coefficient (Wildman–Crippen LogP) is 3.78. The van der Waals surface area contributed by atoms with Crippen LogP contribution in [0.3, 0.4) is 0 Å². The molecule has 2 amide bonds. The molecule has 0 fully saturated rings. The fourth-order valence-corrected chi connectivity index (χ4v) is 3.95. The molecule has 3 rings (SSSR count). The summed E-state index contributed by atoms with van der Waals surface area (Å²) in [6.45, 7) is 0. The van der Waals surface area contributed by atoms with Crippen molar-refractivity contribution in [1.82, 2.24) is 4.98 Å². The SMILES string of the molecule is NC(=O)CSc1nc(-c2ccccc2)c(NC(=O)c2ccc(F)cc2)s1. The molecule has 0 bridgehead atoms. The lowest BCUT2D eigenvalue weighted by Gasteiger charge is -2.05. The topological polar surface area (TPSA) is 85.1 Å². The predicted molar refractivity (Wildman–Crippen MR) is 102 cm³/mol. The van der Waals surface area contributed by atoms with Crippen LogP contribution in [0.1, 0.15) is 10.4 Å². The number of benzene rings is 2. The Morgan fingerprint density at radius 1 is 1.12 bits per heavy atom. The quantitative estimate of drug-likeness (QED) is 0.631. The minimum Gasteiger partial charge on any atom is -0.369 e. The number of rotatable bonds is 6. The molecule has 0 aliphatic rings. The molecule has 0 atom stereocenters. The summed E-state index contributed by atoms with van der Waals surface area (Å²) >= 11 is 2.48. The van der Waals surface area contributed by atoms with Gasteiger partial charge in [0.25, 0.3) is 5.91 Å². The van der Waals surface area contributed by atoms with E-state index < -0.39 is 11.7 Å². The first-order valence-electron chi connectivity index (χ1n) is 7.57. The first-order chi connectivity index (χ1) is 12.5. The van der Waals surface area contributed by atoms with Crippen LogP contribution in [0.2, 0.25) is 0 Å². The number of nitrogens with zero attached hydrogens (tertiary/aromatic N) is 1. The Kier molecular flexibility index (Phi) is 5.65. The number of primary amides is 1. The molecule has 1 heterocycles. The smallest absolute Gasteiger partial charge is 0.256 e. The largest absolute Gasteiger partial charge is 0.369 e. The summed E-state index contributed by atoms with van der Waals surface area (Å²) in [6, 6.07) is 14.7. The van der Waals surface area contributed by atoms with E-state index in [9.17, 15) is 14.0 Å². The molecule has 3 aromatic rings. The number of amides is 2. The summed E-state index contributed by atoms with van der Waals surface area (Å²) in [5.41, 5.74) is 6.97. The number of nitrogens with two attached hydrogens (primary N) is 1. The van der Waals surface area contributed by atoms with Crippen molar-refractivity contribution in [2.24, 2.45) is 5.73 Å². The molecule has 26 heavy (non-hydrogen) atoms. The van der Waals surface area contributed by atoms with E-state index in [0.717, 1.165) is 5.56 Å². The van der Waals surface area contributed by atoms with E-state index >= 15 is 0 Å². The van der Waals surface area contributed by atoms with E-state index in [4.69, 9.17) is 5.73 Å². The zero-order chi connectivity index (χ0) is 18.5. The van der Waals surface area contributed by atoms with Crippen LogP contribution < -0.4 is 11.1 Å². The first-order valence-corrected chi connectivity index (χ1v) is 9.37. The summed E-state index contributed by atoms with van der Waals surface area (Å²) in [7, 11) is 0. The molecule has 0 unspecified atom stereocenters. The van der Waals surface area contributed by atoms with Crippen LogP contribution in [0.15, 0.2) is 58.9 Å². The number of anilines is 1. The molecule has 2 aromatic carbocycles. The molecule has 0 aliphatic carbocycles. The van der Waals surface area contributed by atoms with E-state index in [-0.39, 0.29) is 11.7 Å². The molecule has 3 N–H and O–H groups in total. The van der Waals surface area contributed by atoms with Crippen molar-refractivity contribution in [3.05, 3.63) is 66.0 Å². The van der Waals surface area contributed by atoms with Gasteiger partial charge in [-0.05, 0) is 24.3 Å². The maximum Gasteiger partial charge on any atom is 0.256 e. The third-order valence-electron chi connectivity index (χ3n) is 3.33. The standard InChI is InChI=1S/C18H14FN3O2S2/c19-13-8-6-12(7-9-13)16(24)22-17-15(11-4-2-1-3-5-11)21-18(26-17)25-10-14(20)23/h1-9H,10H2,(H2,20,23)(H,22,24). The Morgan fingerprint density at radius 2 is 1.81 bits per heavy atom. The molecule has 5 nitrogen and oxygen atoms in total. The molecule has 0 saturated carbocycles. The second kappa shape index (κ2) is 8.11. The minimum atomic E-state index is -0.441. The van der Waals surface area contributed by atoms with E-state index in [0.29, 0.717) is 20.6 Å². The summed E-state index contributed by atoms with van der Waals surface area (Å²) in [5, 5.41) is 3.37. The molecule has 8 heteroatoms. The van der Waals surface area contributed by atoms with Crippen molar-refractivity contribution in [3.8, 4) is 11.3 Å². The summed E-state index contributed by atoms with van der Waals surface area (Å²) in [5.74, 6) is -1.11. The van der Waals surface area contributed by atoms with Crippen LogP contribution in [0.5, 0.6) is 0 Å². The Bertz CT molecular complexity index is 927. The number of nitrogens with one attached hydrogen (secondary N) is 1. The maximum atomic E-state index is 13.0. The van der Waals surface area contributed by atoms with E-state index in [2.05, 4.69) is 10.3 Å². The van der Waals surface area contributed by atoms with E-state index in [1.807, 2.05) is 30.3 Å². The summed E-state index contributed by atoms with van der Waals surface area (Å²) in [6.07, 6.45) is 0. The minimum absolute atomic E-state index is 0.104. The van der Waals surface area contributed by atoms with Crippen molar-refractivity contribution < 1.29 is 14.0 Å². The van der Waals surface area contributed by atoms with Crippen LogP contribution in [-0.4, -0.2) is 22.6 Å². The lowest BCUT2D eigenvalue weighted by molar-refractivity contribution is -0.115. The third kappa shape index (κ3) is 4.47. The van der Waals surface area contributed by atoms with Crippen molar-refractivity contribution in [2.45, 2.75) is 4.34 Å². The summed E-state index contributed by atoms with van der Waals surface area (Å²) < 4.78 is 13.7. The Labute approximate surface area is 157 Å². The van der Waals surface area contributed by atoms with Crippen molar-refractivity contribution in [3.63, 3.8) is 0 Å². The van der Waals surface area contributed by atoms with Gasteiger partial charge in [0.05, 0.1) is 5.75 Å². The fourth-order valence-electron chi connectivity index (χ4n) is 2.15. The van der Waals surface area contributed by atoms with Crippen LogP contribution in [0.25, 0.3) is 11.3 Å². The van der Waals surface area contributed by atoms with Gasteiger partial charge >= 0.3 is 0 Å². The van der Waals surface area contributed by atoms with Gasteiger partial charge in [0.1, 0.15) is 16.5 Å².